The molecule has 0 spiro atoms. The number of nitrogens with zero attached hydrogens (tertiary/aromatic N) is 1. The van der Waals surface area contributed by atoms with E-state index in [0.717, 1.165) is 5.56 Å². The van der Waals surface area contributed by atoms with Crippen LogP contribution in [0, 0.1) is 0 Å². The molecule has 4 rings (SSSR count). The average molecular weight is 540 g/mol. The predicted molar refractivity (Wildman–Crippen MR) is 145 cm³/mol. The minimum atomic E-state index is -4.10. The van der Waals surface area contributed by atoms with Crippen LogP contribution in [0.5, 0.6) is 0 Å². The zero-order chi connectivity index (χ0) is 26.4. The van der Waals surface area contributed by atoms with E-state index in [-0.39, 0.29) is 28.1 Å². The van der Waals surface area contributed by atoms with Gasteiger partial charge in [-0.05, 0) is 49.1 Å². The van der Waals surface area contributed by atoms with E-state index in [9.17, 15) is 18.0 Å². The standard InChI is InChI=1S/C27H29N3O5S2/c1-19(20-8-4-3-5-9-20)28-26(31)22-10-6-7-11-24(22)29-37(33,34)21-12-13-25(36-2)23(18-21)27(32)30-14-16-35-17-15-30/h3-13,18-19,29H,14-17H2,1-2H3,(H,28,31)/t19-/m0/s1. The third-order valence-electron chi connectivity index (χ3n) is 6.07. The molecule has 3 aromatic carbocycles. The first-order valence-electron chi connectivity index (χ1n) is 11.8. The van der Waals surface area contributed by atoms with E-state index in [4.69, 9.17) is 4.74 Å². The summed E-state index contributed by atoms with van der Waals surface area (Å²) in [5.41, 5.74) is 1.59. The molecule has 1 atom stereocenters. The Balaban J connectivity index is 1.58. The Hall–Kier alpha value is -3.34. The lowest BCUT2D eigenvalue weighted by Crippen LogP contribution is -2.41. The van der Waals surface area contributed by atoms with Crippen molar-refractivity contribution in [2.75, 3.05) is 37.3 Å². The monoisotopic (exact) mass is 539 g/mol. The van der Waals surface area contributed by atoms with Gasteiger partial charge in [-0.2, -0.15) is 0 Å². The number of para-hydroxylation sites is 1. The fraction of sp³-hybridized carbons (Fsp3) is 0.259. The first-order chi connectivity index (χ1) is 17.8. The number of morpholine rings is 1. The Bertz CT molecular complexity index is 1370. The summed E-state index contributed by atoms with van der Waals surface area (Å²) in [6.07, 6.45) is 1.84. The summed E-state index contributed by atoms with van der Waals surface area (Å²) in [5.74, 6) is -0.644. The second-order valence-electron chi connectivity index (χ2n) is 8.52. The van der Waals surface area contributed by atoms with E-state index >= 15 is 0 Å². The molecule has 8 nitrogen and oxygen atoms in total. The Morgan fingerprint density at radius 3 is 2.32 bits per heavy atom. The van der Waals surface area contributed by atoms with Crippen molar-refractivity contribution in [1.82, 2.24) is 10.2 Å². The van der Waals surface area contributed by atoms with Crippen LogP contribution in [0.4, 0.5) is 5.69 Å². The van der Waals surface area contributed by atoms with E-state index in [1.807, 2.05) is 43.5 Å². The van der Waals surface area contributed by atoms with Crippen LogP contribution in [-0.4, -0.2) is 57.7 Å². The van der Waals surface area contributed by atoms with E-state index < -0.39 is 15.9 Å². The summed E-state index contributed by atoms with van der Waals surface area (Å²) in [5, 5.41) is 2.92. The second kappa shape index (κ2) is 11.8. The van der Waals surface area contributed by atoms with Gasteiger partial charge in [-0.1, -0.05) is 42.5 Å². The molecule has 37 heavy (non-hydrogen) atoms. The number of ether oxygens (including phenoxy) is 1. The highest BCUT2D eigenvalue weighted by atomic mass is 32.2. The van der Waals surface area contributed by atoms with Crippen molar-refractivity contribution in [3.05, 3.63) is 89.5 Å². The smallest absolute Gasteiger partial charge is 0.261 e. The first kappa shape index (κ1) is 26.7. The molecule has 2 N–H and O–H groups in total. The fourth-order valence-corrected chi connectivity index (χ4v) is 5.71. The predicted octanol–water partition coefficient (Wildman–Crippen LogP) is 4.17. The summed E-state index contributed by atoms with van der Waals surface area (Å²) in [6.45, 7) is 3.65. The molecule has 0 bridgehead atoms. The van der Waals surface area contributed by atoms with Crippen LogP contribution in [0.2, 0.25) is 0 Å². The SMILES string of the molecule is CSc1ccc(S(=O)(=O)Nc2ccccc2C(=O)N[C@@H](C)c2ccccc2)cc1C(=O)N1CCOCC1. The van der Waals surface area contributed by atoms with Gasteiger partial charge in [0.05, 0.1) is 41.0 Å². The molecule has 1 aliphatic heterocycles. The molecule has 0 saturated carbocycles. The molecule has 194 valence electrons. The van der Waals surface area contributed by atoms with Crippen LogP contribution >= 0.6 is 11.8 Å². The maximum atomic E-state index is 13.4. The van der Waals surface area contributed by atoms with Crippen LogP contribution < -0.4 is 10.0 Å². The molecule has 0 radical (unpaired) electrons. The summed E-state index contributed by atoms with van der Waals surface area (Å²) >= 11 is 1.37. The Morgan fingerprint density at radius 2 is 1.62 bits per heavy atom. The van der Waals surface area contributed by atoms with Gasteiger partial charge >= 0.3 is 0 Å². The summed E-state index contributed by atoms with van der Waals surface area (Å²) in [4.78, 5) is 28.5. The molecular formula is C27H29N3O5S2. The second-order valence-corrected chi connectivity index (χ2v) is 11.1. The Kier molecular flexibility index (Phi) is 8.52. The highest BCUT2D eigenvalue weighted by molar-refractivity contribution is 7.98. The van der Waals surface area contributed by atoms with Gasteiger partial charge in [-0.3, -0.25) is 14.3 Å². The minimum Gasteiger partial charge on any atom is -0.378 e. The topological polar surface area (TPSA) is 105 Å². The molecule has 0 aliphatic carbocycles. The Labute approximate surface area is 221 Å². The number of carbonyl (C=O) groups is 2. The number of nitrogens with one attached hydrogen (secondary N) is 2. The van der Waals surface area contributed by atoms with Gasteiger partial charge in [-0.15, -0.1) is 11.8 Å². The number of carbonyl (C=O) groups excluding carboxylic acids is 2. The van der Waals surface area contributed by atoms with E-state index in [1.54, 1.807) is 29.2 Å². The highest BCUT2D eigenvalue weighted by Crippen LogP contribution is 2.27. The molecular weight excluding hydrogens is 510 g/mol. The maximum absolute atomic E-state index is 13.4. The number of hydrogen-bond donors (Lipinski definition) is 2. The van der Waals surface area contributed by atoms with Crippen molar-refractivity contribution >= 4 is 39.3 Å². The fourth-order valence-electron chi connectivity index (χ4n) is 4.03. The lowest BCUT2D eigenvalue weighted by molar-refractivity contribution is 0.0300. The van der Waals surface area contributed by atoms with Crippen LogP contribution in [0.25, 0.3) is 0 Å². The molecule has 1 fully saturated rings. The van der Waals surface area contributed by atoms with Gasteiger partial charge in [0.2, 0.25) is 0 Å². The quantitative estimate of drug-likeness (QED) is 0.417. The lowest BCUT2D eigenvalue weighted by Gasteiger charge is -2.27. The van der Waals surface area contributed by atoms with Crippen LogP contribution in [0.3, 0.4) is 0 Å². The van der Waals surface area contributed by atoms with Crippen LogP contribution in [0.15, 0.2) is 82.6 Å². The highest BCUT2D eigenvalue weighted by Gasteiger charge is 2.25. The number of thioether (sulfide) groups is 1. The zero-order valence-electron chi connectivity index (χ0n) is 20.6. The van der Waals surface area contributed by atoms with Crippen LogP contribution in [0.1, 0.15) is 39.2 Å². The third-order valence-corrected chi connectivity index (χ3v) is 8.23. The van der Waals surface area contributed by atoms with Crippen molar-refractivity contribution in [3.8, 4) is 0 Å². The Morgan fingerprint density at radius 1 is 0.946 bits per heavy atom. The summed E-state index contributed by atoms with van der Waals surface area (Å²) in [7, 11) is -4.10. The third kappa shape index (κ3) is 6.33. The van der Waals surface area contributed by atoms with Gasteiger partial charge in [0.1, 0.15) is 0 Å². The molecule has 1 aliphatic rings. The molecule has 3 aromatic rings. The molecule has 0 aromatic heterocycles. The van der Waals surface area contributed by atoms with Crippen molar-refractivity contribution in [2.45, 2.75) is 22.8 Å². The van der Waals surface area contributed by atoms with Gasteiger partial charge in [0.15, 0.2) is 0 Å². The van der Waals surface area contributed by atoms with Gasteiger partial charge in [-0.25, -0.2) is 8.42 Å². The summed E-state index contributed by atoms with van der Waals surface area (Å²) < 4.78 is 34.6. The van der Waals surface area contributed by atoms with Crippen molar-refractivity contribution in [3.63, 3.8) is 0 Å². The minimum absolute atomic E-state index is 0.0604. The summed E-state index contributed by atoms with van der Waals surface area (Å²) in [6, 6.07) is 20.1. The van der Waals surface area contributed by atoms with Gasteiger partial charge in [0.25, 0.3) is 21.8 Å². The van der Waals surface area contributed by atoms with E-state index in [1.165, 1.54) is 30.0 Å². The molecule has 1 saturated heterocycles. The number of benzene rings is 3. The molecule has 2 amide bonds. The largest absolute Gasteiger partial charge is 0.378 e. The number of hydrogen-bond acceptors (Lipinski definition) is 6. The zero-order valence-corrected chi connectivity index (χ0v) is 22.3. The maximum Gasteiger partial charge on any atom is 0.261 e. The van der Waals surface area contributed by atoms with Crippen molar-refractivity contribution in [1.29, 1.82) is 0 Å². The number of amides is 2. The molecule has 0 unspecified atom stereocenters. The van der Waals surface area contributed by atoms with Crippen molar-refractivity contribution < 1.29 is 22.7 Å². The number of sulfonamides is 1. The normalized spacial score (nSPS) is 14.6. The first-order valence-corrected chi connectivity index (χ1v) is 14.5. The molecule has 1 heterocycles. The van der Waals surface area contributed by atoms with E-state index in [2.05, 4.69) is 10.0 Å². The number of anilines is 1. The van der Waals surface area contributed by atoms with Crippen molar-refractivity contribution in [2.24, 2.45) is 0 Å². The van der Waals surface area contributed by atoms with Crippen LogP contribution in [-0.2, 0) is 14.8 Å². The average Bonchev–Trinajstić information content (AvgIpc) is 2.93. The lowest BCUT2D eigenvalue weighted by atomic mass is 10.1. The van der Waals surface area contributed by atoms with Gasteiger partial charge < -0.3 is 15.0 Å². The van der Waals surface area contributed by atoms with Gasteiger partial charge in [0, 0.05) is 18.0 Å². The molecule has 10 heteroatoms. The van der Waals surface area contributed by atoms with E-state index in [0.29, 0.717) is 36.8 Å². The number of rotatable bonds is 8.